The molecule has 0 bridgehead atoms. The van der Waals surface area contributed by atoms with Crippen molar-refractivity contribution in [2.24, 2.45) is 5.73 Å². The number of carboxylic acid groups (broad SMARTS) is 4. The minimum atomic E-state index is -1.37. The number of hydrogen-bond acceptors (Lipinski definition) is 10. The first-order valence-corrected chi connectivity index (χ1v) is 6.94. The first-order valence-electron chi connectivity index (χ1n) is 6.94. The first kappa shape index (κ1) is 20.5. The Morgan fingerprint density at radius 1 is 0.692 bits per heavy atom. The Balaban J connectivity index is 3.37. The second-order valence-corrected chi connectivity index (χ2v) is 4.84. The Labute approximate surface area is 145 Å². The lowest BCUT2D eigenvalue weighted by Crippen LogP contribution is -2.39. The molecule has 0 amide bonds. The van der Waals surface area contributed by atoms with E-state index in [0.717, 1.165) is 9.80 Å². The summed E-state index contributed by atoms with van der Waals surface area (Å²) in [6.07, 6.45) is 0. The molecule has 1 rings (SSSR count). The van der Waals surface area contributed by atoms with Crippen LogP contribution in [0, 0.1) is 0 Å². The van der Waals surface area contributed by atoms with Crippen LogP contribution in [0.1, 0.15) is 5.82 Å². The van der Waals surface area contributed by atoms with Gasteiger partial charge >= 0.3 is 23.9 Å². The van der Waals surface area contributed by atoms with Gasteiger partial charge in [-0.15, -0.1) is 0 Å². The Kier molecular flexibility index (Phi) is 7.15. The summed E-state index contributed by atoms with van der Waals surface area (Å²) in [5.41, 5.74) is 5.44. The molecule has 0 unspecified atom stereocenters. The van der Waals surface area contributed by atoms with E-state index in [4.69, 9.17) is 26.2 Å². The number of nitrogens with two attached hydrogens (primary N) is 1. The minimum absolute atomic E-state index is 0.105. The number of carbonyl (C=O) groups is 4. The number of nitrogens with zero attached hydrogens (tertiary/aromatic N) is 5. The largest absolute Gasteiger partial charge is 0.480 e. The predicted octanol–water partition coefficient (Wildman–Crippen LogP) is -2.72. The van der Waals surface area contributed by atoms with Crippen LogP contribution in [0.25, 0.3) is 0 Å². The number of aromatic nitrogens is 3. The van der Waals surface area contributed by atoms with Crippen molar-refractivity contribution in [1.29, 1.82) is 0 Å². The Bertz CT molecular complexity index is 625. The van der Waals surface area contributed by atoms with Crippen molar-refractivity contribution in [2.45, 2.75) is 6.54 Å². The average molecular weight is 372 g/mol. The molecule has 26 heavy (non-hydrogen) atoms. The highest BCUT2D eigenvalue weighted by molar-refractivity contribution is 5.79. The fraction of sp³-hybridized carbons (Fsp3) is 0.417. The van der Waals surface area contributed by atoms with E-state index < -0.39 is 50.1 Å². The highest BCUT2D eigenvalue weighted by Gasteiger charge is 2.23. The third-order valence-corrected chi connectivity index (χ3v) is 2.71. The normalized spacial score (nSPS) is 10.2. The van der Waals surface area contributed by atoms with Crippen molar-refractivity contribution in [1.82, 2.24) is 15.0 Å². The summed E-state index contributed by atoms with van der Waals surface area (Å²) in [4.78, 5) is 56.8. The van der Waals surface area contributed by atoms with E-state index in [0.29, 0.717) is 0 Å². The molecule has 6 N–H and O–H groups in total. The van der Waals surface area contributed by atoms with Gasteiger partial charge in [-0.25, -0.2) is 0 Å². The molecular weight excluding hydrogens is 356 g/mol. The van der Waals surface area contributed by atoms with Gasteiger partial charge < -0.3 is 36.0 Å². The fourth-order valence-electron chi connectivity index (χ4n) is 1.82. The third kappa shape index (κ3) is 6.52. The van der Waals surface area contributed by atoms with Crippen molar-refractivity contribution < 1.29 is 39.6 Å². The van der Waals surface area contributed by atoms with Gasteiger partial charge in [0.25, 0.3) is 0 Å². The van der Waals surface area contributed by atoms with Crippen LogP contribution in [-0.2, 0) is 25.7 Å². The topological polar surface area (TPSA) is 220 Å². The lowest BCUT2D eigenvalue weighted by molar-refractivity contribution is -0.138. The average Bonchev–Trinajstić information content (AvgIpc) is 2.51. The molecule has 0 aliphatic carbocycles. The fourth-order valence-corrected chi connectivity index (χ4v) is 1.82. The van der Waals surface area contributed by atoms with E-state index in [1.165, 1.54) is 0 Å². The SMILES string of the molecule is NCc1nc(N(CC(=O)O)CC(=O)O)nc(N(CC(=O)O)CC(=O)O)n1. The van der Waals surface area contributed by atoms with E-state index in [-0.39, 0.29) is 24.3 Å². The number of anilines is 2. The molecule has 1 aromatic heterocycles. The van der Waals surface area contributed by atoms with Gasteiger partial charge in [0.15, 0.2) is 0 Å². The number of rotatable bonds is 11. The summed E-state index contributed by atoms with van der Waals surface area (Å²) < 4.78 is 0. The molecule has 14 heteroatoms. The van der Waals surface area contributed by atoms with E-state index in [9.17, 15) is 19.2 Å². The van der Waals surface area contributed by atoms with Gasteiger partial charge in [0.2, 0.25) is 11.9 Å². The zero-order chi connectivity index (χ0) is 19.9. The lowest BCUT2D eigenvalue weighted by atomic mass is 10.4. The van der Waals surface area contributed by atoms with Crippen LogP contribution < -0.4 is 15.5 Å². The summed E-state index contributed by atoms with van der Waals surface area (Å²) in [5, 5.41) is 35.6. The molecule has 142 valence electrons. The molecule has 14 nitrogen and oxygen atoms in total. The molecule has 0 spiro atoms. The van der Waals surface area contributed by atoms with Crippen molar-refractivity contribution in [3.8, 4) is 0 Å². The zero-order valence-corrected chi connectivity index (χ0v) is 13.3. The summed E-state index contributed by atoms with van der Waals surface area (Å²) in [5.74, 6) is -6.34. The highest BCUT2D eigenvalue weighted by Crippen LogP contribution is 2.14. The Hall–Kier alpha value is -3.55. The summed E-state index contributed by atoms with van der Waals surface area (Å²) >= 11 is 0. The van der Waals surface area contributed by atoms with Gasteiger partial charge in [0.05, 0.1) is 6.54 Å². The summed E-state index contributed by atoms with van der Waals surface area (Å²) in [7, 11) is 0. The van der Waals surface area contributed by atoms with Crippen molar-refractivity contribution in [3.05, 3.63) is 5.82 Å². The molecule has 0 aliphatic rings. The summed E-state index contributed by atoms with van der Waals surface area (Å²) in [6, 6.07) is 0. The van der Waals surface area contributed by atoms with Crippen LogP contribution >= 0.6 is 0 Å². The Morgan fingerprint density at radius 3 is 1.23 bits per heavy atom. The standard InChI is InChI=1S/C12H16N6O8/c13-1-6-14-11(17(2-7(19)20)3-8(21)22)16-12(15-6)18(4-9(23)24)5-10(25)26/h1-5,13H2,(H,19,20)(H,21,22)(H,23,24)(H,25,26). The van der Waals surface area contributed by atoms with Crippen LogP contribution in [0.2, 0.25) is 0 Å². The molecule has 0 fully saturated rings. The zero-order valence-electron chi connectivity index (χ0n) is 13.3. The molecular formula is C12H16N6O8. The van der Waals surface area contributed by atoms with Crippen molar-refractivity contribution in [2.75, 3.05) is 36.0 Å². The minimum Gasteiger partial charge on any atom is -0.480 e. The maximum Gasteiger partial charge on any atom is 0.323 e. The van der Waals surface area contributed by atoms with E-state index in [1.807, 2.05) is 0 Å². The van der Waals surface area contributed by atoms with Crippen LogP contribution in [0.3, 0.4) is 0 Å². The van der Waals surface area contributed by atoms with Gasteiger partial charge in [-0.1, -0.05) is 0 Å². The molecule has 0 radical (unpaired) electrons. The van der Waals surface area contributed by atoms with Gasteiger partial charge in [0, 0.05) is 0 Å². The van der Waals surface area contributed by atoms with E-state index in [1.54, 1.807) is 0 Å². The van der Waals surface area contributed by atoms with Crippen LogP contribution in [0.15, 0.2) is 0 Å². The molecule has 1 aromatic rings. The second-order valence-electron chi connectivity index (χ2n) is 4.84. The predicted molar refractivity (Wildman–Crippen MR) is 82.7 cm³/mol. The molecule has 0 aromatic carbocycles. The summed E-state index contributed by atoms with van der Waals surface area (Å²) in [6.45, 7) is -3.32. The quantitative estimate of drug-likeness (QED) is 0.266. The molecule has 0 saturated heterocycles. The Morgan fingerprint density at radius 2 is 1.00 bits per heavy atom. The van der Waals surface area contributed by atoms with Gasteiger partial charge in [-0.2, -0.15) is 15.0 Å². The maximum absolute atomic E-state index is 10.9. The second kappa shape index (κ2) is 9.07. The third-order valence-electron chi connectivity index (χ3n) is 2.71. The number of carboxylic acids is 4. The molecule has 0 aliphatic heterocycles. The van der Waals surface area contributed by atoms with Crippen LogP contribution in [0.4, 0.5) is 11.9 Å². The molecule has 0 atom stereocenters. The van der Waals surface area contributed by atoms with Crippen molar-refractivity contribution in [3.63, 3.8) is 0 Å². The molecule has 0 saturated carbocycles. The van der Waals surface area contributed by atoms with Gasteiger partial charge in [0.1, 0.15) is 32.0 Å². The maximum atomic E-state index is 10.9. The smallest absolute Gasteiger partial charge is 0.323 e. The molecule has 1 heterocycles. The van der Waals surface area contributed by atoms with Crippen LogP contribution in [0.5, 0.6) is 0 Å². The van der Waals surface area contributed by atoms with Crippen LogP contribution in [-0.4, -0.2) is 85.4 Å². The highest BCUT2D eigenvalue weighted by atomic mass is 16.4. The van der Waals surface area contributed by atoms with Crippen molar-refractivity contribution >= 4 is 35.8 Å². The van der Waals surface area contributed by atoms with Gasteiger partial charge in [-0.3, -0.25) is 19.2 Å². The lowest BCUT2D eigenvalue weighted by Gasteiger charge is -2.22. The van der Waals surface area contributed by atoms with Gasteiger partial charge in [-0.05, 0) is 0 Å². The first-order chi connectivity index (χ1) is 12.1. The number of aliphatic carboxylic acids is 4. The van der Waals surface area contributed by atoms with E-state index >= 15 is 0 Å². The van der Waals surface area contributed by atoms with E-state index in [2.05, 4.69) is 15.0 Å². The number of hydrogen-bond donors (Lipinski definition) is 5. The monoisotopic (exact) mass is 372 g/mol.